The van der Waals surface area contributed by atoms with Gasteiger partial charge >= 0.3 is 0 Å². The van der Waals surface area contributed by atoms with Crippen molar-refractivity contribution in [3.63, 3.8) is 0 Å². The molecule has 3 heteroatoms. The van der Waals surface area contributed by atoms with Crippen LogP contribution in [0.15, 0.2) is 18.2 Å². The number of rotatable bonds is 2. The molecular formula is C15H18O3. The minimum Gasteiger partial charge on any atom is -0.493 e. The highest BCUT2D eigenvalue weighted by molar-refractivity contribution is 6.02. The number of fused-ring (bicyclic) bond motifs is 1. The third-order valence-corrected chi connectivity index (χ3v) is 3.72. The Morgan fingerprint density at radius 3 is 3.00 bits per heavy atom. The minimum atomic E-state index is -0.281. The van der Waals surface area contributed by atoms with E-state index < -0.39 is 0 Å². The number of aryl methyl sites for hydroxylation is 1. The molecule has 3 rings (SSSR count). The molecule has 3 nitrogen and oxygen atoms in total. The zero-order valence-corrected chi connectivity index (χ0v) is 10.6. The Kier molecular flexibility index (Phi) is 3.08. The summed E-state index contributed by atoms with van der Waals surface area (Å²) in [6, 6.07) is 5.85. The van der Waals surface area contributed by atoms with Crippen molar-refractivity contribution in [3.8, 4) is 5.75 Å². The summed E-state index contributed by atoms with van der Waals surface area (Å²) in [6.07, 6.45) is 3.73. The van der Waals surface area contributed by atoms with Gasteiger partial charge in [-0.3, -0.25) is 4.79 Å². The van der Waals surface area contributed by atoms with Gasteiger partial charge in [0.15, 0.2) is 5.78 Å². The Bertz CT molecular complexity index is 467. The van der Waals surface area contributed by atoms with Gasteiger partial charge in [-0.15, -0.1) is 0 Å². The first-order valence-electron chi connectivity index (χ1n) is 6.70. The molecule has 1 aromatic carbocycles. The monoisotopic (exact) mass is 246 g/mol. The summed E-state index contributed by atoms with van der Waals surface area (Å²) in [5.41, 5.74) is 1.85. The highest BCUT2D eigenvalue weighted by Gasteiger charge is 2.31. The summed E-state index contributed by atoms with van der Waals surface area (Å²) in [5, 5.41) is 0. The second-order valence-corrected chi connectivity index (χ2v) is 5.12. The van der Waals surface area contributed by atoms with Crippen LogP contribution in [0.3, 0.4) is 0 Å². The Morgan fingerprint density at radius 1 is 1.33 bits per heavy atom. The van der Waals surface area contributed by atoms with Crippen LogP contribution in [0, 0.1) is 0 Å². The fraction of sp³-hybridized carbons (Fsp3) is 0.533. The van der Waals surface area contributed by atoms with Crippen molar-refractivity contribution in [1.82, 2.24) is 0 Å². The Labute approximate surface area is 107 Å². The van der Waals surface area contributed by atoms with E-state index in [9.17, 15) is 4.79 Å². The molecule has 1 saturated heterocycles. The first kappa shape index (κ1) is 11.7. The second kappa shape index (κ2) is 4.73. The van der Waals surface area contributed by atoms with E-state index in [2.05, 4.69) is 0 Å². The van der Waals surface area contributed by atoms with Gasteiger partial charge in [0.2, 0.25) is 0 Å². The van der Waals surface area contributed by atoms with Crippen LogP contribution in [0.4, 0.5) is 0 Å². The molecule has 18 heavy (non-hydrogen) atoms. The largest absolute Gasteiger partial charge is 0.493 e. The van der Waals surface area contributed by atoms with E-state index in [4.69, 9.17) is 9.47 Å². The summed E-state index contributed by atoms with van der Waals surface area (Å²) >= 11 is 0. The first-order valence-corrected chi connectivity index (χ1v) is 6.70. The van der Waals surface area contributed by atoms with Crippen molar-refractivity contribution in [3.05, 3.63) is 29.3 Å². The molecule has 0 radical (unpaired) electrons. The molecule has 0 amide bonds. The fourth-order valence-corrected chi connectivity index (χ4v) is 2.75. The highest BCUT2D eigenvalue weighted by atomic mass is 16.5. The van der Waals surface area contributed by atoms with Gasteiger partial charge in [-0.1, -0.05) is 12.1 Å². The molecular weight excluding hydrogens is 228 g/mol. The maximum absolute atomic E-state index is 12.5. The summed E-state index contributed by atoms with van der Waals surface area (Å²) < 4.78 is 11.3. The van der Waals surface area contributed by atoms with E-state index in [1.165, 1.54) is 0 Å². The highest BCUT2D eigenvalue weighted by Crippen LogP contribution is 2.32. The van der Waals surface area contributed by atoms with Crippen molar-refractivity contribution in [2.75, 3.05) is 6.61 Å². The quantitative estimate of drug-likeness (QED) is 0.753. The van der Waals surface area contributed by atoms with Crippen molar-refractivity contribution in [2.45, 2.75) is 44.8 Å². The molecule has 2 aliphatic rings. The number of carbonyl (C=O) groups excluding carboxylic acids is 1. The van der Waals surface area contributed by atoms with E-state index >= 15 is 0 Å². The molecule has 2 aliphatic heterocycles. The average molecular weight is 246 g/mol. The summed E-state index contributed by atoms with van der Waals surface area (Å²) in [6.45, 7) is 2.73. The van der Waals surface area contributed by atoms with Crippen LogP contribution >= 0.6 is 0 Å². The molecule has 1 fully saturated rings. The zero-order chi connectivity index (χ0) is 12.5. The predicted molar refractivity (Wildman–Crippen MR) is 68.2 cm³/mol. The van der Waals surface area contributed by atoms with Crippen molar-refractivity contribution in [1.29, 1.82) is 0 Å². The third kappa shape index (κ3) is 2.03. The number of para-hydroxylation sites is 1. The number of ether oxygens (including phenoxy) is 2. The van der Waals surface area contributed by atoms with Gasteiger partial charge in [0.1, 0.15) is 11.9 Å². The molecule has 96 valence electrons. The topological polar surface area (TPSA) is 35.5 Å². The lowest BCUT2D eigenvalue weighted by molar-refractivity contribution is 0.0430. The summed E-state index contributed by atoms with van der Waals surface area (Å²) in [5.74, 6) is 0.870. The lowest BCUT2D eigenvalue weighted by atomic mass is 9.97. The molecule has 0 spiro atoms. The van der Waals surface area contributed by atoms with Crippen molar-refractivity contribution in [2.24, 2.45) is 0 Å². The Balaban J connectivity index is 1.90. The van der Waals surface area contributed by atoms with E-state index in [-0.39, 0.29) is 18.0 Å². The molecule has 0 aromatic heterocycles. The predicted octanol–water partition coefficient (Wildman–Crippen LogP) is 2.76. The van der Waals surface area contributed by atoms with Gasteiger partial charge in [-0.05, 0) is 44.2 Å². The fourth-order valence-electron chi connectivity index (χ4n) is 2.75. The van der Waals surface area contributed by atoms with Gasteiger partial charge in [-0.2, -0.15) is 0 Å². The van der Waals surface area contributed by atoms with Gasteiger partial charge < -0.3 is 9.47 Å². The number of hydrogen-bond acceptors (Lipinski definition) is 3. The summed E-state index contributed by atoms with van der Waals surface area (Å²) in [7, 11) is 0. The van der Waals surface area contributed by atoms with Crippen LogP contribution in [-0.4, -0.2) is 24.6 Å². The summed E-state index contributed by atoms with van der Waals surface area (Å²) in [4.78, 5) is 12.5. The lowest BCUT2D eigenvalue weighted by Gasteiger charge is -2.21. The van der Waals surface area contributed by atoms with Crippen LogP contribution < -0.4 is 4.74 Å². The van der Waals surface area contributed by atoms with Crippen LogP contribution in [0.2, 0.25) is 0 Å². The van der Waals surface area contributed by atoms with E-state index in [0.717, 1.165) is 37.0 Å². The van der Waals surface area contributed by atoms with Crippen LogP contribution in [0.5, 0.6) is 5.75 Å². The van der Waals surface area contributed by atoms with E-state index in [1.54, 1.807) is 0 Å². The van der Waals surface area contributed by atoms with Crippen molar-refractivity contribution < 1.29 is 14.3 Å². The van der Waals surface area contributed by atoms with Gasteiger partial charge in [0.05, 0.1) is 18.3 Å². The van der Waals surface area contributed by atoms with Gasteiger partial charge in [0.25, 0.3) is 0 Å². The third-order valence-electron chi connectivity index (χ3n) is 3.72. The molecule has 0 N–H and O–H groups in total. The minimum absolute atomic E-state index is 0.0816. The van der Waals surface area contributed by atoms with Crippen molar-refractivity contribution >= 4 is 5.78 Å². The first-order chi connectivity index (χ1) is 8.75. The van der Waals surface area contributed by atoms with Crippen LogP contribution in [0.25, 0.3) is 0 Å². The average Bonchev–Trinajstić information content (AvgIpc) is 2.84. The molecule has 2 atom stereocenters. The number of ketones is 1. The number of hydrogen-bond donors (Lipinski definition) is 0. The van der Waals surface area contributed by atoms with E-state index in [0.29, 0.717) is 12.2 Å². The standard InChI is InChI=1S/C15H18O3/c1-10-7-8-13(18-10)14(16)12-6-2-4-11-5-3-9-17-15(11)12/h2,4,6,10,13H,3,5,7-9H2,1H3. The Morgan fingerprint density at radius 2 is 2.22 bits per heavy atom. The Hall–Kier alpha value is -1.35. The smallest absolute Gasteiger partial charge is 0.195 e. The SMILES string of the molecule is CC1CCC(C(=O)c2cccc3c2OCCC3)O1. The second-order valence-electron chi connectivity index (χ2n) is 5.12. The molecule has 0 bridgehead atoms. The molecule has 0 aliphatic carbocycles. The maximum atomic E-state index is 12.5. The molecule has 0 saturated carbocycles. The van der Waals surface area contributed by atoms with Crippen LogP contribution in [-0.2, 0) is 11.2 Å². The molecule has 2 unspecified atom stereocenters. The molecule has 1 aromatic rings. The van der Waals surface area contributed by atoms with Gasteiger partial charge in [0, 0.05) is 0 Å². The molecule has 2 heterocycles. The lowest BCUT2D eigenvalue weighted by Crippen LogP contribution is -2.23. The number of Topliss-reactive ketones (excluding diaryl/α,β-unsaturated/α-hetero) is 1. The zero-order valence-electron chi connectivity index (χ0n) is 10.6. The van der Waals surface area contributed by atoms with Crippen LogP contribution in [0.1, 0.15) is 42.1 Å². The maximum Gasteiger partial charge on any atom is 0.195 e. The normalized spacial score (nSPS) is 26.5. The van der Waals surface area contributed by atoms with E-state index in [1.807, 2.05) is 25.1 Å². The number of benzene rings is 1. The van der Waals surface area contributed by atoms with Gasteiger partial charge in [-0.25, -0.2) is 0 Å². The number of carbonyl (C=O) groups is 1.